The van der Waals surface area contributed by atoms with Crippen molar-refractivity contribution < 1.29 is 14.7 Å². The largest absolute Gasteiger partial charge is 0.507 e. The molecule has 0 radical (unpaired) electrons. The first-order valence-electron chi connectivity index (χ1n) is 9.46. The van der Waals surface area contributed by atoms with E-state index >= 15 is 0 Å². The number of rotatable bonds is 5. The van der Waals surface area contributed by atoms with E-state index in [9.17, 15) is 14.7 Å². The highest BCUT2D eigenvalue weighted by molar-refractivity contribution is 8.18. The summed E-state index contributed by atoms with van der Waals surface area (Å²) in [6.45, 7) is 0.0974. The maximum atomic E-state index is 12.8. The Hall–Kier alpha value is -2.73. The Morgan fingerprint density at radius 3 is 2.23 bits per heavy atom. The standard InChI is InChI=1S/C24H17Cl2NO3S/c25-19-7-3-1-5-16(19)11-15-9-10-21(28)18(12-15)13-22-23(29)27(24(30)31-22)14-17-6-2-4-8-20(17)26/h1-10,12-13,28H,11,14H2/b22-13-. The lowest BCUT2D eigenvalue weighted by Crippen LogP contribution is -2.27. The summed E-state index contributed by atoms with van der Waals surface area (Å²) in [6.07, 6.45) is 2.12. The van der Waals surface area contributed by atoms with Crippen molar-refractivity contribution in [3.05, 3.63) is 104 Å². The number of thioether (sulfide) groups is 1. The average molecular weight is 470 g/mol. The fraction of sp³-hybridized carbons (Fsp3) is 0.0833. The van der Waals surface area contributed by atoms with Gasteiger partial charge in [0.25, 0.3) is 11.1 Å². The van der Waals surface area contributed by atoms with E-state index in [-0.39, 0.29) is 22.4 Å². The van der Waals surface area contributed by atoms with Crippen molar-refractivity contribution in [2.24, 2.45) is 0 Å². The predicted octanol–water partition coefficient (Wildman–Crippen LogP) is 6.53. The maximum absolute atomic E-state index is 12.8. The van der Waals surface area contributed by atoms with Gasteiger partial charge < -0.3 is 5.11 Å². The van der Waals surface area contributed by atoms with Crippen LogP contribution in [0.1, 0.15) is 22.3 Å². The minimum absolute atomic E-state index is 0.0285. The van der Waals surface area contributed by atoms with Gasteiger partial charge in [-0.2, -0.15) is 0 Å². The van der Waals surface area contributed by atoms with Crippen LogP contribution in [0.2, 0.25) is 10.0 Å². The summed E-state index contributed by atoms with van der Waals surface area (Å²) >= 11 is 13.3. The number of nitrogens with zero attached hydrogens (tertiary/aromatic N) is 1. The highest BCUT2D eigenvalue weighted by atomic mass is 35.5. The molecule has 1 heterocycles. The second-order valence-corrected chi connectivity index (χ2v) is 8.83. The monoisotopic (exact) mass is 469 g/mol. The van der Waals surface area contributed by atoms with Crippen LogP contribution in [0.25, 0.3) is 6.08 Å². The van der Waals surface area contributed by atoms with Crippen LogP contribution >= 0.6 is 35.0 Å². The summed E-state index contributed by atoms with van der Waals surface area (Å²) < 4.78 is 0. The number of carbonyl (C=O) groups is 2. The summed E-state index contributed by atoms with van der Waals surface area (Å²) in [4.78, 5) is 26.7. The van der Waals surface area contributed by atoms with E-state index in [1.807, 2.05) is 24.3 Å². The molecule has 0 spiro atoms. The Bertz CT molecular complexity index is 1210. The molecular formula is C24H17Cl2NO3S. The van der Waals surface area contributed by atoms with Gasteiger partial charge in [0.05, 0.1) is 11.4 Å². The molecule has 4 rings (SSSR count). The summed E-state index contributed by atoms with van der Waals surface area (Å²) in [5.74, 6) is -0.383. The molecule has 4 nitrogen and oxygen atoms in total. The summed E-state index contributed by atoms with van der Waals surface area (Å²) in [5.41, 5.74) is 3.04. The highest BCUT2D eigenvalue weighted by Crippen LogP contribution is 2.35. The lowest BCUT2D eigenvalue weighted by molar-refractivity contribution is -0.123. The van der Waals surface area contributed by atoms with E-state index in [1.54, 1.807) is 48.5 Å². The van der Waals surface area contributed by atoms with Crippen LogP contribution in [0.5, 0.6) is 5.75 Å². The van der Waals surface area contributed by atoms with Crippen LogP contribution < -0.4 is 0 Å². The topological polar surface area (TPSA) is 57.6 Å². The number of phenolic OH excluding ortho intramolecular Hbond substituents is 1. The number of imide groups is 1. The third-order valence-corrected chi connectivity index (χ3v) is 6.54. The third kappa shape index (κ3) is 4.79. The second kappa shape index (κ2) is 9.18. The molecule has 0 atom stereocenters. The zero-order valence-electron chi connectivity index (χ0n) is 16.2. The minimum Gasteiger partial charge on any atom is -0.507 e. The first-order valence-corrected chi connectivity index (χ1v) is 11.0. The predicted molar refractivity (Wildman–Crippen MR) is 125 cm³/mol. The van der Waals surface area contributed by atoms with Crippen LogP contribution in [0.3, 0.4) is 0 Å². The molecule has 1 aliphatic rings. The number of hydrogen-bond donors (Lipinski definition) is 1. The van der Waals surface area contributed by atoms with Gasteiger partial charge in [0.1, 0.15) is 5.75 Å². The molecule has 1 N–H and O–H groups in total. The molecule has 0 bridgehead atoms. The molecule has 2 amide bonds. The van der Waals surface area contributed by atoms with Crippen LogP contribution in [-0.2, 0) is 17.8 Å². The first-order chi connectivity index (χ1) is 14.9. The van der Waals surface area contributed by atoms with E-state index in [0.717, 1.165) is 27.8 Å². The molecule has 0 aromatic heterocycles. The quantitative estimate of drug-likeness (QED) is 0.431. The molecule has 1 aliphatic heterocycles. The van der Waals surface area contributed by atoms with Crippen molar-refractivity contribution in [3.63, 3.8) is 0 Å². The molecular weight excluding hydrogens is 453 g/mol. The van der Waals surface area contributed by atoms with Crippen LogP contribution in [-0.4, -0.2) is 21.2 Å². The van der Waals surface area contributed by atoms with E-state index in [0.29, 0.717) is 27.6 Å². The Kier molecular flexibility index (Phi) is 6.37. The Morgan fingerprint density at radius 2 is 1.55 bits per heavy atom. The lowest BCUT2D eigenvalue weighted by atomic mass is 10.0. The molecule has 1 saturated heterocycles. The molecule has 0 saturated carbocycles. The number of carbonyl (C=O) groups excluding carboxylic acids is 2. The Balaban J connectivity index is 1.58. The second-order valence-electron chi connectivity index (χ2n) is 7.02. The number of phenols is 1. The average Bonchev–Trinajstić information content (AvgIpc) is 3.01. The van der Waals surface area contributed by atoms with Gasteiger partial charge in [-0.15, -0.1) is 0 Å². The normalized spacial score (nSPS) is 15.2. The SMILES string of the molecule is O=C1S/C(=C\c2cc(Cc3ccccc3Cl)ccc2O)C(=O)N1Cc1ccccc1Cl. The molecule has 7 heteroatoms. The van der Waals surface area contributed by atoms with E-state index in [4.69, 9.17) is 23.2 Å². The Morgan fingerprint density at radius 1 is 0.903 bits per heavy atom. The van der Waals surface area contributed by atoms with Crippen molar-refractivity contribution in [1.29, 1.82) is 0 Å². The van der Waals surface area contributed by atoms with Gasteiger partial charge >= 0.3 is 0 Å². The van der Waals surface area contributed by atoms with Crippen molar-refractivity contribution in [2.45, 2.75) is 13.0 Å². The maximum Gasteiger partial charge on any atom is 0.293 e. The van der Waals surface area contributed by atoms with Gasteiger partial charge in [0.15, 0.2) is 0 Å². The zero-order valence-corrected chi connectivity index (χ0v) is 18.5. The molecule has 156 valence electrons. The molecule has 31 heavy (non-hydrogen) atoms. The van der Waals surface area contributed by atoms with Gasteiger partial charge in [-0.3, -0.25) is 14.5 Å². The van der Waals surface area contributed by atoms with Gasteiger partial charge in [0.2, 0.25) is 0 Å². The van der Waals surface area contributed by atoms with Crippen molar-refractivity contribution >= 4 is 52.2 Å². The summed E-state index contributed by atoms with van der Waals surface area (Å²) in [5, 5.41) is 11.1. The summed E-state index contributed by atoms with van der Waals surface area (Å²) in [6, 6.07) is 19.8. The van der Waals surface area contributed by atoms with E-state index in [2.05, 4.69) is 0 Å². The number of benzene rings is 3. The number of amides is 2. The smallest absolute Gasteiger partial charge is 0.293 e. The lowest BCUT2D eigenvalue weighted by Gasteiger charge is -2.13. The summed E-state index contributed by atoms with van der Waals surface area (Å²) in [7, 11) is 0. The molecule has 0 aliphatic carbocycles. The van der Waals surface area contributed by atoms with E-state index in [1.165, 1.54) is 0 Å². The van der Waals surface area contributed by atoms with Gasteiger partial charge in [-0.1, -0.05) is 65.7 Å². The van der Waals surface area contributed by atoms with Gasteiger partial charge in [-0.05, 0) is 65.2 Å². The number of hydrogen-bond acceptors (Lipinski definition) is 4. The van der Waals surface area contributed by atoms with Crippen molar-refractivity contribution in [2.75, 3.05) is 0 Å². The highest BCUT2D eigenvalue weighted by Gasteiger charge is 2.35. The van der Waals surface area contributed by atoms with Crippen LogP contribution in [0, 0.1) is 0 Å². The molecule has 1 fully saturated rings. The fourth-order valence-electron chi connectivity index (χ4n) is 3.27. The van der Waals surface area contributed by atoms with Crippen molar-refractivity contribution in [3.8, 4) is 5.75 Å². The van der Waals surface area contributed by atoms with Crippen LogP contribution in [0.15, 0.2) is 71.6 Å². The van der Waals surface area contributed by atoms with Crippen LogP contribution in [0.4, 0.5) is 4.79 Å². The molecule has 3 aromatic rings. The molecule has 0 unspecified atom stereocenters. The zero-order chi connectivity index (χ0) is 22.0. The molecule has 3 aromatic carbocycles. The number of halogens is 2. The van der Waals surface area contributed by atoms with Crippen molar-refractivity contribution in [1.82, 2.24) is 4.90 Å². The first kappa shape index (κ1) is 21.5. The minimum atomic E-state index is -0.411. The third-order valence-electron chi connectivity index (χ3n) is 4.89. The van der Waals surface area contributed by atoms with Gasteiger partial charge in [0, 0.05) is 15.6 Å². The number of aromatic hydroxyl groups is 1. The van der Waals surface area contributed by atoms with Gasteiger partial charge in [-0.25, -0.2) is 0 Å². The Labute approximate surface area is 194 Å². The van der Waals surface area contributed by atoms with E-state index < -0.39 is 5.91 Å². The fourth-order valence-corrected chi connectivity index (χ4v) is 4.49.